The molecular weight excluding hydrogens is 372 g/mol. The van der Waals surface area contributed by atoms with E-state index in [1.54, 1.807) is 0 Å². The van der Waals surface area contributed by atoms with Gasteiger partial charge in [-0.25, -0.2) is 19.3 Å². The zero-order valence-corrected chi connectivity index (χ0v) is 15.5. The quantitative estimate of drug-likeness (QED) is 0.545. The average molecular weight is 391 g/mol. The van der Waals surface area contributed by atoms with E-state index in [4.69, 9.17) is 14.0 Å². The van der Waals surface area contributed by atoms with Crippen molar-refractivity contribution >= 4 is 36.5 Å². The van der Waals surface area contributed by atoms with Crippen molar-refractivity contribution in [3.05, 3.63) is 12.7 Å². The van der Waals surface area contributed by atoms with E-state index in [2.05, 4.69) is 32.5 Å². The molecule has 2 aromatic rings. The maximum absolute atomic E-state index is 15.0. The number of hydrogen-bond acceptors (Lipinski definition) is 8. The standard InChI is InChI=1S/C13H19FN5O4PS/c1-3-15-11-9-12(17-5-16-11)19(6-18-9)13-8(14)10(23-24(20)25)7(22-13)4-21-2/h5-8,10,13,24H,3-4H2,1-2H3,(H,20,25)(H,15,16,17)/t7-,8-,10-,13-/m1/s1. The Labute approximate surface area is 149 Å². The van der Waals surface area contributed by atoms with Crippen LogP contribution in [0.1, 0.15) is 13.2 Å². The number of imidazole rings is 1. The lowest BCUT2D eigenvalue weighted by Crippen LogP contribution is -2.32. The Morgan fingerprint density at radius 1 is 1.48 bits per heavy atom. The Hall–Kier alpha value is -1.26. The van der Waals surface area contributed by atoms with Gasteiger partial charge in [-0.3, -0.25) is 9.13 Å². The fourth-order valence-corrected chi connectivity index (χ4v) is 3.69. The normalized spacial score (nSPS) is 27.7. The van der Waals surface area contributed by atoms with Crippen molar-refractivity contribution in [3.8, 4) is 0 Å². The van der Waals surface area contributed by atoms with Crippen LogP contribution >= 0.6 is 19.5 Å². The van der Waals surface area contributed by atoms with Gasteiger partial charge in [0.25, 0.3) is 0 Å². The van der Waals surface area contributed by atoms with Crippen LogP contribution in [0.3, 0.4) is 0 Å². The first-order chi connectivity index (χ1) is 12.1. The van der Waals surface area contributed by atoms with Crippen molar-refractivity contribution in [2.75, 3.05) is 25.6 Å². The summed E-state index contributed by atoms with van der Waals surface area (Å²) in [4.78, 5) is 12.6. The summed E-state index contributed by atoms with van der Waals surface area (Å²) in [6, 6.07) is 0. The fraction of sp³-hybridized carbons (Fsp3) is 0.615. The number of anilines is 1. The van der Waals surface area contributed by atoms with Crippen molar-refractivity contribution in [3.63, 3.8) is 0 Å². The summed E-state index contributed by atoms with van der Waals surface area (Å²) in [5.74, 6) is 0.557. The molecule has 0 saturated carbocycles. The maximum Gasteiger partial charge on any atom is 0.243 e. The van der Waals surface area contributed by atoms with Gasteiger partial charge >= 0.3 is 0 Å². The molecule has 3 heterocycles. The second kappa shape index (κ2) is 7.96. The van der Waals surface area contributed by atoms with Crippen LogP contribution in [-0.2, 0) is 18.6 Å². The Balaban J connectivity index is 1.94. The minimum atomic E-state index is -2.64. The van der Waals surface area contributed by atoms with Crippen molar-refractivity contribution in [1.29, 1.82) is 0 Å². The van der Waals surface area contributed by atoms with Gasteiger partial charge in [-0.15, -0.1) is 0 Å². The van der Waals surface area contributed by atoms with Gasteiger partial charge in [-0.05, 0) is 6.92 Å². The molecule has 0 radical (unpaired) electrons. The minimum absolute atomic E-state index is 0.0920. The zero-order valence-electron chi connectivity index (χ0n) is 13.6. The summed E-state index contributed by atoms with van der Waals surface area (Å²) in [6.07, 6.45) is -1.59. The van der Waals surface area contributed by atoms with Crippen LogP contribution in [0.15, 0.2) is 12.7 Å². The molecule has 1 saturated heterocycles. The monoisotopic (exact) mass is 391 g/mol. The van der Waals surface area contributed by atoms with Crippen LogP contribution in [-0.4, -0.2) is 58.2 Å². The van der Waals surface area contributed by atoms with Crippen LogP contribution in [0, 0.1) is 0 Å². The van der Waals surface area contributed by atoms with Gasteiger partial charge in [0.2, 0.25) is 7.23 Å². The van der Waals surface area contributed by atoms with Crippen LogP contribution in [0.4, 0.5) is 10.2 Å². The number of hydrogen-bond donors (Lipinski definition) is 2. The molecule has 0 bridgehead atoms. The number of nitrogens with one attached hydrogen (secondary N) is 1. The zero-order chi connectivity index (χ0) is 18.0. The highest BCUT2D eigenvalue weighted by atomic mass is 32.7. The topological polar surface area (TPSA) is 100 Å². The smallest absolute Gasteiger partial charge is 0.243 e. The Morgan fingerprint density at radius 3 is 2.96 bits per heavy atom. The molecule has 1 aliphatic rings. The fourth-order valence-electron chi connectivity index (χ4n) is 2.81. The number of ether oxygens (including phenoxy) is 2. The summed E-state index contributed by atoms with van der Waals surface area (Å²) >= 11 is 3.74. The molecule has 1 aliphatic heterocycles. The molecule has 1 N–H and O–H groups in total. The summed E-state index contributed by atoms with van der Waals surface area (Å²) < 4.78 is 43.7. The molecule has 1 fully saturated rings. The van der Waals surface area contributed by atoms with Crippen LogP contribution in [0.5, 0.6) is 0 Å². The highest BCUT2D eigenvalue weighted by Crippen LogP contribution is 2.41. The first-order valence-corrected chi connectivity index (χ1v) is 10.3. The molecule has 2 aromatic heterocycles. The SMILES string of the molecule is CCNc1ncnc2c1ncn2[C@@H]1O[C@H](COC)[C@@H](O[PH](=O)S)[C@H]1F. The second-order valence-corrected chi connectivity index (χ2v) is 7.25. The summed E-state index contributed by atoms with van der Waals surface area (Å²) in [7, 11) is -1.17. The Kier molecular flexibility index (Phi) is 5.90. The van der Waals surface area contributed by atoms with Gasteiger partial charge in [0, 0.05) is 13.7 Å². The molecule has 25 heavy (non-hydrogen) atoms. The molecule has 3 rings (SSSR count). The van der Waals surface area contributed by atoms with Gasteiger partial charge in [0.05, 0.1) is 12.9 Å². The van der Waals surface area contributed by atoms with Gasteiger partial charge in [0.1, 0.15) is 18.5 Å². The first-order valence-electron chi connectivity index (χ1n) is 7.66. The van der Waals surface area contributed by atoms with E-state index in [0.29, 0.717) is 23.5 Å². The number of thiol groups is 1. The number of methoxy groups -OCH3 is 1. The molecule has 0 amide bonds. The minimum Gasteiger partial charge on any atom is -0.382 e. The number of halogens is 1. The highest BCUT2D eigenvalue weighted by Gasteiger charge is 2.48. The summed E-state index contributed by atoms with van der Waals surface area (Å²) in [5, 5.41) is 3.08. The lowest BCUT2D eigenvalue weighted by atomic mass is 10.1. The molecule has 0 aromatic carbocycles. The van der Waals surface area contributed by atoms with E-state index >= 15 is 0 Å². The Morgan fingerprint density at radius 2 is 2.28 bits per heavy atom. The Bertz CT molecular complexity index is 765. The summed E-state index contributed by atoms with van der Waals surface area (Å²) in [6.45, 7) is 2.68. The molecular formula is C13H19FN5O4PS. The van der Waals surface area contributed by atoms with Crippen LogP contribution in [0.25, 0.3) is 11.2 Å². The number of aromatic nitrogens is 4. The maximum atomic E-state index is 15.0. The lowest BCUT2D eigenvalue weighted by Gasteiger charge is -2.17. The van der Waals surface area contributed by atoms with Crippen molar-refractivity contribution in [2.45, 2.75) is 31.5 Å². The van der Waals surface area contributed by atoms with Crippen molar-refractivity contribution in [2.24, 2.45) is 0 Å². The molecule has 138 valence electrons. The third-order valence-electron chi connectivity index (χ3n) is 3.81. The van der Waals surface area contributed by atoms with E-state index in [9.17, 15) is 8.96 Å². The van der Waals surface area contributed by atoms with Crippen molar-refractivity contribution in [1.82, 2.24) is 19.5 Å². The van der Waals surface area contributed by atoms with E-state index in [0.717, 1.165) is 0 Å². The van der Waals surface area contributed by atoms with E-state index in [1.807, 2.05) is 6.92 Å². The molecule has 0 spiro atoms. The molecule has 5 atom stereocenters. The molecule has 1 unspecified atom stereocenters. The van der Waals surface area contributed by atoms with Gasteiger partial charge < -0.3 is 19.3 Å². The highest BCUT2D eigenvalue weighted by molar-refractivity contribution is 8.39. The predicted molar refractivity (Wildman–Crippen MR) is 93.0 cm³/mol. The second-order valence-electron chi connectivity index (χ2n) is 5.39. The van der Waals surface area contributed by atoms with Crippen molar-refractivity contribution < 1.29 is 23.0 Å². The average Bonchev–Trinajstić information content (AvgIpc) is 3.12. The summed E-state index contributed by atoms with van der Waals surface area (Å²) in [5.41, 5.74) is 0.935. The number of alkyl halides is 1. The van der Waals surface area contributed by atoms with Gasteiger partial charge in [-0.2, -0.15) is 0 Å². The lowest BCUT2D eigenvalue weighted by molar-refractivity contribution is -0.0510. The third-order valence-corrected chi connectivity index (χ3v) is 4.60. The largest absolute Gasteiger partial charge is 0.382 e. The number of rotatable bonds is 7. The number of fused-ring (bicyclic) bond motifs is 1. The first kappa shape index (κ1) is 18.5. The molecule has 12 heteroatoms. The van der Waals surface area contributed by atoms with Gasteiger partial charge in [0.15, 0.2) is 29.4 Å². The number of nitrogens with zero attached hydrogens (tertiary/aromatic N) is 4. The van der Waals surface area contributed by atoms with E-state index in [-0.39, 0.29) is 6.61 Å². The van der Waals surface area contributed by atoms with Crippen LogP contribution in [0.2, 0.25) is 0 Å². The van der Waals surface area contributed by atoms with E-state index in [1.165, 1.54) is 24.3 Å². The molecule has 9 nitrogen and oxygen atoms in total. The van der Waals surface area contributed by atoms with Crippen LogP contribution < -0.4 is 5.32 Å². The van der Waals surface area contributed by atoms with Gasteiger partial charge in [-0.1, -0.05) is 12.2 Å². The molecule has 0 aliphatic carbocycles. The predicted octanol–water partition coefficient (Wildman–Crippen LogP) is 1.84. The third kappa shape index (κ3) is 3.65. The van der Waals surface area contributed by atoms with E-state index < -0.39 is 31.8 Å².